The molecule has 0 bridgehead atoms. The Bertz CT molecular complexity index is 576. The van der Waals surface area contributed by atoms with Crippen LogP contribution in [-0.4, -0.2) is 61.3 Å². The fourth-order valence-corrected chi connectivity index (χ4v) is 4.39. The number of pyridine rings is 1. The number of hydrogen-bond donors (Lipinski definition) is 2. The zero-order valence-electron chi connectivity index (χ0n) is 15.2. The summed E-state index contributed by atoms with van der Waals surface area (Å²) in [5, 5.41) is 7.57. The van der Waals surface area contributed by atoms with Crippen molar-refractivity contribution in [3.8, 4) is 0 Å². The molecule has 6 nitrogen and oxygen atoms in total. The number of aromatic nitrogens is 1. The van der Waals surface area contributed by atoms with E-state index in [1.807, 2.05) is 13.2 Å². The second-order valence-electron chi connectivity index (χ2n) is 6.59. The lowest BCUT2D eigenvalue weighted by Gasteiger charge is -2.32. The maximum absolute atomic E-state index is 5.61. The third-order valence-electron chi connectivity index (χ3n) is 4.58. The SMILES string of the molecule is CN=C(NCc1ccnc(N2CCOC(C)C2)c1)NCC1CCCS1. The molecule has 2 unspecified atom stereocenters. The Kier molecular flexibility index (Phi) is 6.81. The predicted octanol–water partition coefficient (Wildman–Crippen LogP) is 1.87. The number of hydrogen-bond acceptors (Lipinski definition) is 5. The molecular formula is C18H29N5OS. The first-order valence-electron chi connectivity index (χ1n) is 9.12. The van der Waals surface area contributed by atoms with E-state index >= 15 is 0 Å². The lowest BCUT2D eigenvalue weighted by molar-refractivity contribution is 0.0529. The number of morpholine rings is 1. The number of rotatable bonds is 5. The third-order valence-corrected chi connectivity index (χ3v) is 5.98. The number of aliphatic imine (C=N–C) groups is 1. The van der Waals surface area contributed by atoms with Gasteiger partial charge in [-0.25, -0.2) is 4.98 Å². The number of anilines is 1. The summed E-state index contributed by atoms with van der Waals surface area (Å²) in [6, 6.07) is 4.21. The van der Waals surface area contributed by atoms with Gasteiger partial charge >= 0.3 is 0 Å². The molecule has 0 amide bonds. The molecule has 3 rings (SSSR count). The monoisotopic (exact) mass is 363 g/mol. The van der Waals surface area contributed by atoms with Gasteiger partial charge in [-0.1, -0.05) is 0 Å². The molecule has 0 saturated carbocycles. The number of nitrogens with zero attached hydrogens (tertiary/aromatic N) is 3. The molecule has 2 fully saturated rings. The molecule has 25 heavy (non-hydrogen) atoms. The Labute approximate surface area is 154 Å². The van der Waals surface area contributed by atoms with Gasteiger partial charge in [0.15, 0.2) is 5.96 Å². The van der Waals surface area contributed by atoms with Gasteiger partial charge in [0.2, 0.25) is 0 Å². The molecule has 0 aliphatic carbocycles. The zero-order valence-corrected chi connectivity index (χ0v) is 16.0. The van der Waals surface area contributed by atoms with Crippen LogP contribution in [0.25, 0.3) is 0 Å². The van der Waals surface area contributed by atoms with Crippen LogP contribution in [0.1, 0.15) is 25.3 Å². The highest BCUT2D eigenvalue weighted by Crippen LogP contribution is 2.25. The highest BCUT2D eigenvalue weighted by atomic mass is 32.2. The number of nitrogens with one attached hydrogen (secondary N) is 2. The van der Waals surface area contributed by atoms with Crippen molar-refractivity contribution in [2.45, 2.75) is 37.7 Å². The van der Waals surface area contributed by atoms with Crippen LogP contribution >= 0.6 is 11.8 Å². The predicted molar refractivity (Wildman–Crippen MR) is 106 cm³/mol. The maximum Gasteiger partial charge on any atom is 0.191 e. The van der Waals surface area contributed by atoms with Crippen LogP contribution in [0.2, 0.25) is 0 Å². The van der Waals surface area contributed by atoms with Crippen molar-refractivity contribution in [3.63, 3.8) is 0 Å². The lowest BCUT2D eigenvalue weighted by atomic mass is 10.2. The Balaban J connectivity index is 1.50. The van der Waals surface area contributed by atoms with Crippen molar-refractivity contribution < 1.29 is 4.74 Å². The third kappa shape index (κ3) is 5.51. The summed E-state index contributed by atoms with van der Waals surface area (Å²) < 4.78 is 5.61. The summed E-state index contributed by atoms with van der Waals surface area (Å²) in [4.78, 5) is 11.1. The second-order valence-corrected chi connectivity index (χ2v) is 8.00. The molecule has 2 N–H and O–H groups in total. The number of thioether (sulfide) groups is 1. The summed E-state index contributed by atoms with van der Waals surface area (Å²) in [6.07, 6.45) is 4.79. The molecule has 2 aliphatic heterocycles. The van der Waals surface area contributed by atoms with E-state index in [0.717, 1.165) is 49.8 Å². The molecule has 7 heteroatoms. The van der Waals surface area contributed by atoms with Crippen LogP contribution in [-0.2, 0) is 11.3 Å². The number of ether oxygens (including phenoxy) is 1. The van der Waals surface area contributed by atoms with Crippen LogP contribution in [0, 0.1) is 0 Å². The van der Waals surface area contributed by atoms with Gasteiger partial charge in [0.25, 0.3) is 0 Å². The number of guanidine groups is 1. The van der Waals surface area contributed by atoms with Crippen LogP contribution in [0.15, 0.2) is 23.3 Å². The van der Waals surface area contributed by atoms with Crippen LogP contribution in [0.4, 0.5) is 5.82 Å². The fourth-order valence-electron chi connectivity index (χ4n) is 3.19. The zero-order chi connectivity index (χ0) is 17.5. The topological polar surface area (TPSA) is 61.8 Å². The molecule has 0 radical (unpaired) electrons. The van der Waals surface area contributed by atoms with Gasteiger partial charge in [0, 0.05) is 44.7 Å². The van der Waals surface area contributed by atoms with E-state index in [-0.39, 0.29) is 6.10 Å². The summed E-state index contributed by atoms with van der Waals surface area (Å²) >= 11 is 2.06. The smallest absolute Gasteiger partial charge is 0.191 e. The molecule has 1 aromatic rings. The minimum absolute atomic E-state index is 0.258. The van der Waals surface area contributed by atoms with Gasteiger partial charge in [-0.15, -0.1) is 0 Å². The summed E-state index contributed by atoms with van der Waals surface area (Å²) in [7, 11) is 1.82. The Hall–Kier alpha value is -1.47. The Morgan fingerprint density at radius 2 is 2.40 bits per heavy atom. The van der Waals surface area contributed by atoms with Crippen molar-refractivity contribution in [2.75, 3.05) is 43.9 Å². The molecule has 2 atom stereocenters. The van der Waals surface area contributed by atoms with Crippen molar-refractivity contribution in [2.24, 2.45) is 4.99 Å². The minimum atomic E-state index is 0.258. The molecule has 0 spiro atoms. The average Bonchev–Trinajstić information content (AvgIpc) is 3.16. The van der Waals surface area contributed by atoms with Crippen molar-refractivity contribution in [1.29, 1.82) is 0 Å². The van der Waals surface area contributed by atoms with E-state index in [1.54, 1.807) is 0 Å². The first kappa shape index (κ1) is 18.3. The highest BCUT2D eigenvalue weighted by molar-refractivity contribution is 8.00. The molecule has 1 aromatic heterocycles. The van der Waals surface area contributed by atoms with Gasteiger partial charge in [-0.05, 0) is 43.2 Å². The summed E-state index contributed by atoms with van der Waals surface area (Å²) in [5.41, 5.74) is 1.21. The summed E-state index contributed by atoms with van der Waals surface area (Å²) in [6.45, 7) is 6.39. The molecule has 138 valence electrons. The first-order valence-corrected chi connectivity index (χ1v) is 10.2. The molecular weight excluding hydrogens is 334 g/mol. The standard InChI is InChI=1S/C18H29N5OS/c1-14-13-23(7-8-24-14)17-10-15(5-6-20-17)11-21-18(19-2)22-12-16-4-3-9-25-16/h5-6,10,14,16H,3-4,7-9,11-13H2,1-2H3,(H2,19,21,22). The quantitative estimate of drug-likeness (QED) is 0.615. The average molecular weight is 364 g/mol. The van der Waals surface area contributed by atoms with Crippen LogP contribution in [0.3, 0.4) is 0 Å². The van der Waals surface area contributed by atoms with Gasteiger partial charge in [-0.3, -0.25) is 4.99 Å². The van der Waals surface area contributed by atoms with Crippen molar-refractivity contribution in [1.82, 2.24) is 15.6 Å². The van der Waals surface area contributed by atoms with Gasteiger partial charge in [0.05, 0.1) is 12.7 Å². The molecule has 0 aromatic carbocycles. The summed E-state index contributed by atoms with van der Waals surface area (Å²) in [5.74, 6) is 3.18. The van der Waals surface area contributed by atoms with E-state index in [4.69, 9.17) is 4.74 Å². The van der Waals surface area contributed by atoms with Gasteiger partial charge in [-0.2, -0.15) is 11.8 Å². The van der Waals surface area contributed by atoms with Crippen LogP contribution < -0.4 is 15.5 Å². The minimum Gasteiger partial charge on any atom is -0.375 e. The largest absolute Gasteiger partial charge is 0.375 e. The highest BCUT2D eigenvalue weighted by Gasteiger charge is 2.18. The maximum atomic E-state index is 5.61. The first-order chi connectivity index (χ1) is 12.2. The molecule has 2 aliphatic rings. The van der Waals surface area contributed by atoms with E-state index < -0.39 is 0 Å². The van der Waals surface area contributed by atoms with E-state index in [1.165, 1.54) is 24.2 Å². The van der Waals surface area contributed by atoms with Crippen molar-refractivity contribution in [3.05, 3.63) is 23.9 Å². The lowest BCUT2D eigenvalue weighted by Crippen LogP contribution is -2.41. The molecule has 2 saturated heterocycles. The van der Waals surface area contributed by atoms with E-state index in [0.29, 0.717) is 0 Å². The fraction of sp³-hybridized carbons (Fsp3) is 0.667. The van der Waals surface area contributed by atoms with E-state index in [9.17, 15) is 0 Å². The van der Waals surface area contributed by atoms with Gasteiger partial charge in [0.1, 0.15) is 5.82 Å². The van der Waals surface area contributed by atoms with Gasteiger partial charge < -0.3 is 20.3 Å². The molecule has 3 heterocycles. The van der Waals surface area contributed by atoms with Crippen molar-refractivity contribution >= 4 is 23.5 Å². The second kappa shape index (κ2) is 9.29. The normalized spacial score (nSPS) is 24.4. The van der Waals surface area contributed by atoms with E-state index in [2.05, 4.69) is 56.3 Å². The Morgan fingerprint density at radius 3 is 3.16 bits per heavy atom. The Morgan fingerprint density at radius 1 is 1.48 bits per heavy atom. The van der Waals surface area contributed by atoms with Crippen LogP contribution in [0.5, 0.6) is 0 Å².